The first-order valence-corrected chi connectivity index (χ1v) is 13.3. The Labute approximate surface area is 182 Å². The number of nitrogen functional groups attached to an aromatic ring is 1. The molecule has 2 saturated heterocycles. The Morgan fingerprint density at radius 3 is 2.55 bits per heavy atom. The van der Waals surface area contributed by atoms with Crippen molar-refractivity contribution in [2.45, 2.75) is 25.4 Å². The molecule has 10 nitrogen and oxygen atoms in total. The van der Waals surface area contributed by atoms with Gasteiger partial charge >= 0.3 is 0 Å². The molecule has 5 heterocycles. The van der Waals surface area contributed by atoms with E-state index in [-0.39, 0.29) is 12.0 Å². The van der Waals surface area contributed by atoms with Gasteiger partial charge in [0, 0.05) is 63.0 Å². The molecule has 0 aromatic carbocycles. The smallest absolute Gasteiger partial charge is 0.228 e. The predicted octanol–water partition coefficient (Wildman–Crippen LogP) is 1.33. The molecular formula is C20H29N8O2P. The highest BCUT2D eigenvalue weighted by Crippen LogP contribution is 2.47. The van der Waals surface area contributed by atoms with Gasteiger partial charge in [0.05, 0.1) is 31.0 Å². The number of fused-ring (bicyclic) bond motifs is 1. The maximum Gasteiger partial charge on any atom is 0.228 e. The Bertz CT molecular complexity index is 1020. The van der Waals surface area contributed by atoms with Gasteiger partial charge in [0.1, 0.15) is 13.1 Å². The molecule has 0 bridgehead atoms. The standard InChI is InChI=1S/C20H29N8O2P/c1-13-12-30-7-6-27(13)20-24-17(14-8-22-19(21)23-9-14)16-4-5-28(18(16)25-20)15-10-26(11-15)31(2,3)29/h8-9,13,15H,4-7,10-12H2,1-3H3,(H2,21,22,23)/t13-/m0/s1. The molecule has 1 atom stereocenters. The van der Waals surface area contributed by atoms with Crippen LogP contribution in [0.2, 0.25) is 0 Å². The van der Waals surface area contributed by atoms with Gasteiger partial charge in [-0.05, 0) is 13.3 Å². The van der Waals surface area contributed by atoms with Gasteiger partial charge in [-0.3, -0.25) is 0 Å². The zero-order valence-corrected chi connectivity index (χ0v) is 19.1. The molecule has 3 aliphatic heterocycles. The van der Waals surface area contributed by atoms with Crippen LogP contribution < -0.4 is 15.5 Å². The predicted molar refractivity (Wildman–Crippen MR) is 121 cm³/mol. The molecule has 2 fully saturated rings. The maximum atomic E-state index is 12.4. The van der Waals surface area contributed by atoms with Gasteiger partial charge < -0.3 is 24.8 Å². The van der Waals surface area contributed by atoms with E-state index in [1.165, 1.54) is 0 Å². The monoisotopic (exact) mass is 444 g/mol. The van der Waals surface area contributed by atoms with E-state index in [2.05, 4.69) is 31.4 Å². The van der Waals surface area contributed by atoms with E-state index in [0.717, 1.165) is 55.2 Å². The van der Waals surface area contributed by atoms with Crippen LogP contribution >= 0.6 is 7.29 Å². The van der Waals surface area contributed by atoms with Gasteiger partial charge in [0.2, 0.25) is 11.9 Å². The molecule has 0 aliphatic carbocycles. The van der Waals surface area contributed by atoms with Crippen molar-refractivity contribution in [1.29, 1.82) is 0 Å². The lowest BCUT2D eigenvalue weighted by Gasteiger charge is -2.46. The number of anilines is 3. The average molecular weight is 444 g/mol. The molecule has 3 aliphatic rings. The van der Waals surface area contributed by atoms with Crippen LogP contribution in [0.25, 0.3) is 11.3 Å². The lowest BCUT2D eigenvalue weighted by atomic mass is 10.1. The van der Waals surface area contributed by atoms with E-state index in [9.17, 15) is 4.57 Å². The zero-order valence-electron chi connectivity index (χ0n) is 18.2. The lowest BCUT2D eigenvalue weighted by Crippen LogP contribution is -2.57. The van der Waals surface area contributed by atoms with Gasteiger partial charge in [-0.25, -0.2) is 19.6 Å². The van der Waals surface area contributed by atoms with E-state index in [1.54, 1.807) is 12.4 Å². The van der Waals surface area contributed by atoms with Crippen molar-refractivity contribution in [3.8, 4) is 11.3 Å². The zero-order chi connectivity index (χ0) is 21.8. The molecule has 2 aromatic heterocycles. The van der Waals surface area contributed by atoms with Gasteiger partial charge in [-0.15, -0.1) is 0 Å². The van der Waals surface area contributed by atoms with Crippen molar-refractivity contribution in [3.05, 3.63) is 18.0 Å². The number of morpholine rings is 1. The topological polar surface area (TPSA) is 114 Å². The van der Waals surface area contributed by atoms with Crippen molar-refractivity contribution >= 4 is 25.0 Å². The third-order valence-electron chi connectivity index (χ3n) is 6.38. The minimum atomic E-state index is -2.21. The van der Waals surface area contributed by atoms with E-state index >= 15 is 0 Å². The molecule has 2 N–H and O–H groups in total. The normalized spacial score (nSPS) is 22.5. The van der Waals surface area contributed by atoms with Crippen molar-refractivity contribution in [2.75, 3.05) is 68.3 Å². The Balaban J connectivity index is 1.54. The summed E-state index contributed by atoms with van der Waals surface area (Å²) in [6.07, 6.45) is 4.33. The fraction of sp³-hybridized carbons (Fsp3) is 0.600. The molecule has 166 valence electrons. The summed E-state index contributed by atoms with van der Waals surface area (Å²) in [6, 6.07) is 0.511. The summed E-state index contributed by atoms with van der Waals surface area (Å²) in [5.74, 6) is 1.93. The van der Waals surface area contributed by atoms with Crippen molar-refractivity contribution < 1.29 is 9.30 Å². The molecule has 0 radical (unpaired) electrons. The maximum absolute atomic E-state index is 12.4. The molecule has 2 aromatic rings. The Hall–Kier alpha value is -2.29. The lowest BCUT2D eigenvalue weighted by molar-refractivity contribution is 0.0981. The number of nitrogens with zero attached hydrogens (tertiary/aromatic N) is 7. The molecule has 31 heavy (non-hydrogen) atoms. The Morgan fingerprint density at radius 2 is 1.87 bits per heavy atom. The van der Waals surface area contributed by atoms with Crippen LogP contribution in [0.15, 0.2) is 12.4 Å². The van der Waals surface area contributed by atoms with Crippen LogP contribution in [0.4, 0.5) is 17.7 Å². The first-order chi connectivity index (χ1) is 14.8. The molecule has 0 amide bonds. The van der Waals surface area contributed by atoms with Gasteiger partial charge in [-0.1, -0.05) is 0 Å². The summed E-state index contributed by atoms with van der Waals surface area (Å²) in [5, 5.41) is 0. The second kappa shape index (κ2) is 7.69. The number of nitrogens with two attached hydrogens (primary N) is 1. The minimum Gasteiger partial charge on any atom is -0.377 e. The summed E-state index contributed by atoms with van der Waals surface area (Å²) >= 11 is 0. The minimum absolute atomic E-state index is 0.197. The van der Waals surface area contributed by atoms with Crippen LogP contribution in [0.5, 0.6) is 0 Å². The summed E-state index contributed by atoms with van der Waals surface area (Å²) in [5.41, 5.74) is 8.54. The average Bonchev–Trinajstić information content (AvgIpc) is 3.10. The van der Waals surface area contributed by atoms with Crippen LogP contribution in [-0.4, -0.2) is 89.4 Å². The highest BCUT2D eigenvalue weighted by Gasteiger charge is 2.41. The van der Waals surface area contributed by atoms with Crippen LogP contribution in [0.1, 0.15) is 12.5 Å². The van der Waals surface area contributed by atoms with Gasteiger partial charge in [0.25, 0.3) is 0 Å². The number of hydrogen-bond donors (Lipinski definition) is 1. The molecule has 0 saturated carbocycles. The van der Waals surface area contributed by atoms with Crippen molar-refractivity contribution in [3.63, 3.8) is 0 Å². The van der Waals surface area contributed by atoms with Crippen LogP contribution in [-0.2, 0) is 15.7 Å². The summed E-state index contributed by atoms with van der Waals surface area (Å²) in [7, 11) is -2.21. The fourth-order valence-corrected chi connectivity index (χ4v) is 5.66. The van der Waals surface area contributed by atoms with E-state index in [4.69, 9.17) is 20.4 Å². The Morgan fingerprint density at radius 1 is 1.13 bits per heavy atom. The van der Waals surface area contributed by atoms with Crippen molar-refractivity contribution in [1.82, 2.24) is 24.6 Å². The van der Waals surface area contributed by atoms with Crippen LogP contribution in [0.3, 0.4) is 0 Å². The van der Waals surface area contributed by atoms with Crippen LogP contribution in [0, 0.1) is 0 Å². The molecule has 11 heteroatoms. The molecule has 0 spiro atoms. The molecule has 0 unspecified atom stereocenters. The summed E-state index contributed by atoms with van der Waals surface area (Å²) < 4.78 is 20.1. The quantitative estimate of drug-likeness (QED) is 0.693. The first-order valence-electron chi connectivity index (χ1n) is 10.7. The Kier molecular flexibility index (Phi) is 5.11. The highest BCUT2D eigenvalue weighted by atomic mass is 31.2. The highest BCUT2D eigenvalue weighted by molar-refractivity contribution is 7.59. The van der Waals surface area contributed by atoms with Gasteiger partial charge in [-0.2, -0.15) is 4.98 Å². The number of aromatic nitrogens is 4. The molecular weight excluding hydrogens is 415 g/mol. The number of ether oxygens (including phenoxy) is 1. The third kappa shape index (κ3) is 3.77. The second-order valence-electron chi connectivity index (χ2n) is 8.88. The first kappa shape index (κ1) is 20.6. The number of hydrogen-bond acceptors (Lipinski definition) is 9. The third-order valence-corrected chi connectivity index (χ3v) is 8.07. The molecule has 5 rings (SSSR count). The second-order valence-corrected chi connectivity index (χ2v) is 12.0. The largest absolute Gasteiger partial charge is 0.377 e. The van der Waals surface area contributed by atoms with E-state index < -0.39 is 7.29 Å². The fourth-order valence-electron chi connectivity index (χ4n) is 4.50. The van der Waals surface area contributed by atoms with E-state index in [0.29, 0.717) is 25.2 Å². The summed E-state index contributed by atoms with van der Waals surface area (Å²) in [6.45, 7) is 10.4. The SMILES string of the molecule is C[C@H]1COCCN1c1nc(-c2cnc(N)nc2)c2c(n1)N(C1CN(P(C)(C)=O)C1)CC2. The van der Waals surface area contributed by atoms with Gasteiger partial charge in [0.15, 0.2) is 0 Å². The summed E-state index contributed by atoms with van der Waals surface area (Å²) in [4.78, 5) is 22.9. The van der Waals surface area contributed by atoms with Crippen molar-refractivity contribution in [2.24, 2.45) is 0 Å². The van der Waals surface area contributed by atoms with E-state index in [1.807, 2.05) is 13.3 Å². The number of rotatable bonds is 4.